The summed E-state index contributed by atoms with van der Waals surface area (Å²) in [6.07, 6.45) is 3.79. The van der Waals surface area contributed by atoms with E-state index in [2.05, 4.69) is 0 Å². The Morgan fingerprint density at radius 1 is 1.20 bits per heavy atom. The number of halogens is 1. The maximum absolute atomic E-state index is 11.7. The van der Waals surface area contributed by atoms with E-state index in [9.17, 15) is 4.79 Å². The lowest BCUT2D eigenvalue weighted by molar-refractivity contribution is -0.683. The largest absolute Gasteiger partial charge is 1.00 e. The average molecular weight is 240 g/mol. The molecule has 0 aliphatic heterocycles. The predicted octanol–water partition coefficient (Wildman–Crippen LogP) is -1.08. The summed E-state index contributed by atoms with van der Waals surface area (Å²) in [5.41, 5.74) is 0. The first-order valence-electron chi connectivity index (χ1n) is 4.37. The molecule has 2 rings (SSSR count). The molecule has 2 heterocycles. The molecular weight excluding hydrogens is 230 g/mol. The zero-order chi connectivity index (χ0) is 9.80. The Kier molecular flexibility index (Phi) is 4.46. The first-order valence-corrected chi connectivity index (χ1v) is 5.25. The van der Waals surface area contributed by atoms with Gasteiger partial charge in [-0.25, -0.2) is 0 Å². The Balaban J connectivity index is 0.00000112. The molecule has 0 radical (unpaired) electrons. The molecular formula is C11H10ClNOS. The lowest BCUT2D eigenvalue weighted by Crippen LogP contribution is -3.00. The van der Waals surface area contributed by atoms with Crippen LogP contribution >= 0.6 is 11.3 Å². The summed E-state index contributed by atoms with van der Waals surface area (Å²) in [4.78, 5) is 12.5. The third-order valence-corrected chi connectivity index (χ3v) is 2.81. The number of carbonyl (C=O) groups excluding carboxylic acids is 1. The average Bonchev–Trinajstić information content (AvgIpc) is 2.72. The molecule has 0 saturated heterocycles. The Morgan fingerprint density at radius 2 is 1.93 bits per heavy atom. The van der Waals surface area contributed by atoms with Crippen LogP contribution in [0.25, 0.3) is 0 Å². The molecule has 2 nitrogen and oxygen atoms in total. The maximum atomic E-state index is 11.7. The second-order valence-corrected chi connectivity index (χ2v) is 3.90. The SMILES string of the molecule is O=C(C[n+]1ccccc1)c1cccs1.[Cl-]. The monoisotopic (exact) mass is 239 g/mol. The van der Waals surface area contributed by atoms with Crippen molar-refractivity contribution in [1.82, 2.24) is 0 Å². The lowest BCUT2D eigenvalue weighted by atomic mass is 10.3. The van der Waals surface area contributed by atoms with Crippen molar-refractivity contribution in [3.8, 4) is 0 Å². The second-order valence-electron chi connectivity index (χ2n) is 2.95. The summed E-state index contributed by atoms with van der Waals surface area (Å²) in [5, 5.41) is 1.92. The van der Waals surface area contributed by atoms with Crippen molar-refractivity contribution in [2.75, 3.05) is 0 Å². The highest BCUT2D eigenvalue weighted by Crippen LogP contribution is 2.08. The molecule has 0 bridgehead atoms. The highest BCUT2D eigenvalue weighted by atomic mass is 35.5. The molecule has 0 aliphatic carbocycles. The van der Waals surface area contributed by atoms with Crippen molar-refractivity contribution in [2.24, 2.45) is 0 Å². The van der Waals surface area contributed by atoms with Gasteiger partial charge in [-0.3, -0.25) is 4.79 Å². The van der Waals surface area contributed by atoms with Gasteiger partial charge in [0.15, 0.2) is 12.4 Å². The van der Waals surface area contributed by atoms with Crippen molar-refractivity contribution in [1.29, 1.82) is 0 Å². The van der Waals surface area contributed by atoms with Crippen LogP contribution in [0.5, 0.6) is 0 Å². The molecule has 0 fully saturated rings. The van der Waals surface area contributed by atoms with Gasteiger partial charge in [-0.1, -0.05) is 12.1 Å². The predicted molar refractivity (Wildman–Crippen MR) is 55.3 cm³/mol. The maximum Gasteiger partial charge on any atom is 0.237 e. The molecule has 0 aliphatic rings. The number of ketones is 1. The second kappa shape index (κ2) is 5.63. The molecule has 0 amide bonds. The van der Waals surface area contributed by atoms with Crippen molar-refractivity contribution in [3.63, 3.8) is 0 Å². The Bertz CT molecular complexity index is 413. The van der Waals surface area contributed by atoms with Crippen molar-refractivity contribution < 1.29 is 21.8 Å². The normalized spacial score (nSPS) is 9.33. The summed E-state index contributed by atoms with van der Waals surface area (Å²) >= 11 is 1.49. The van der Waals surface area contributed by atoms with Gasteiger partial charge >= 0.3 is 0 Å². The van der Waals surface area contributed by atoms with Crippen LogP contribution in [0, 0.1) is 0 Å². The highest BCUT2D eigenvalue weighted by molar-refractivity contribution is 7.12. The summed E-state index contributed by atoms with van der Waals surface area (Å²) in [6.45, 7) is 0.418. The Hall–Kier alpha value is -1.19. The lowest BCUT2D eigenvalue weighted by Gasteiger charge is -1.93. The number of carbonyl (C=O) groups is 1. The summed E-state index contributed by atoms with van der Waals surface area (Å²) < 4.78 is 1.88. The van der Waals surface area contributed by atoms with Crippen molar-refractivity contribution in [3.05, 3.63) is 53.0 Å². The van der Waals surface area contributed by atoms with Crippen LogP contribution in [0.3, 0.4) is 0 Å². The number of nitrogens with zero attached hydrogens (tertiary/aromatic N) is 1. The molecule has 0 saturated carbocycles. The minimum atomic E-state index is 0. The van der Waals surface area contributed by atoms with Crippen LogP contribution in [0.1, 0.15) is 9.67 Å². The molecule has 0 unspecified atom stereocenters. The van der Waals surface area contributed by atoms with Crippen LogP contribution in [-0.4, -0.2) is 5.78 Å². The van der Waals surface area contributed by atoms with E-state index in [0.717, 1.165) is 4.88 Å². The van der Waals surface area contributed by atoms with Gasteiger partial charge in [-0.2, -0.15) is 4.57 Å². The van der Waals surface area contributed by atoms with Crippen molar-refractivity contribution >= 4 is 17.1 Å². The number of hydrogen-bond acceptors (Lipinski definition) is 2. The molecule has 78 valence electrons. The first-order chi connectivity index (χ1) is 6.86. The first kappa shape index (κ1) is 11.9. The zero-order valence-electron chi connectivity index (χ0n) is 7.97. The summed E-state index contributed by atoms with van der Waals surface area (Å²) in [6, 6.07) is 9.53. The third-order valence-electron chi connectivity index (χ3n) is 1.90. The fourth-order valence-corrected chi connectivity index (χ4v) is 1.88. The van der Waals surface area contributed by atoms with E-state index in [4.69, 9.17) is 0 Å². The highest BCUT2D eigenvalue weighted by Gasteiger charge is 2.11. The molecule has 0 aromatic carbocycles. The van der Waals surface area contributed by atoms with E-state index in [1.807, 2.05) is 52.7 Å². The van der Waals surface area contributed by atoms with Gasteiger partial charge in [0.05, 0.1) is 4.88 Å². The van der Waals surface area contributed by atoms with E-state index in [0.29, 0.717) is 6.54 Å². The molecule has 4 heteroatoms. The van der Waals surface area contributed by atoms with Gasteiger partial charge in [-0.15, -0.1) is 11.3 Å². The minimum absolute atomic E-state index is 0. The Morgan fingerprint density at radius 3 is 2.53 bits per heavy atom. The minimum Gasteiger partial charge on any atom is -1.00 e. The number of rotatable bonds is 3. The van der Waals surface area contributed by atoms with Gasteiger partial charge in [0.1, 0.15) is 0 Å². The van der Waals surface area contributed by atoms with Crippen LogP contribution < -0.4 is 17.0 Å². The smallest absolute Gasteiger partial charge is 0.237 e. The molecule has 0 atom stereocenters. The third kappa shape index (κ3) is 3.15. The fourth-order valence-electron chi connectivity index (χ4n) is 1.22. The van der Waals surface area contributed by atoms with Gasteiger partial charge in [-0.05, 0) is 11.4 Å². The van der Waals surface area contributed by atoms with Crippen molar-refractivity contribution in [2.45, 2.75) is 6.54 Å². The van der Waals surface area contributed by atoms with E-state index in [1.165, 1.54) is 11.3 Å². The Labute approximate surface area is 98.6 Å². The zero-order valence-corrected chi connectivity index (χ0v) is 9.54. The fraction of sp³-hybridized carbons (Fsp3) is 0.0909. The van der Waals surface area contributed by atoms with Crippen LogP contribution in [0.2, 0.25) is 0 Å². The number of Topliss-reactive ketones (excluding diaryl/α,β-unsaturated/α-hetero) is 1. The summed E-state index contributed by atoms with van der Waals surface area (Å²) in [5.74, 6) is 0.163. The molecule has 2 aromatic heterocycles. The van der Waals surface area contributed by atoms with Crippen LogP contribution in [0.4, 0.5) is 0 Å². The van der Waals surface area contributed by atoms with Gasteiger partial charge in [0, 0.05) is 12.1 Å². The number of pyridine rings is 1. The van der Waals surface area contributed by atoms with E-state index in [-0.39, 0.29) is 18.2 Å². The van der Waals surface area contributed by atoms with Crippen LogP contribution in [0.15, 0.2) is 48.1 Å². The number of aromatic nitrogens is 1. The van der Waals surface area contributed by atoms with E-state index in [1.54, 1.807) is 0 Å². The standard InChI is InChI=1S/C11H10NOS.ClH/c13-10(11-5-4-8-14-11)9-12-6-2-1-3-7-12;/h1-8H,9H2;1H/q+1;/p-1. The molecule has 0 spiro atoms. The topological polar surface area (TPSA) is 20.9 Å². The molecule has 15 heavy (non-hydrogen) atoms. The summed E-state index contributed by atoms with van der Waals surface area (Å²) in [7, 11) is 0. The van der Waals surface area contributed by atoms with E-state index >= 15 is 0 Å². The molecule has 2 aromatic rings. The quantitative estimate of drug-likeness (QED) is 0.493. The number of thiophene rings is 1. The van der Waals surface area contributed by atoms with E-state index < -0.39 is 0 Å². The van der Waals surface area contributed by atoms with Gasteiger partial charge in [0.25, 0.3) is 0 Å². The number of hydrogen-bond donors (Lipinski definition) is 0. The van der Waals surface area contributed by atoms with Gasteiger partial charge < -0.3 is 12.4 Å². The van der Waals surface area contributed by atoms with Crippen LogP contribution in [-0.2, 0) is 6.54 Å². The van der Waals surface area contributed by atoms with Gasteiger partial charge in [0.2, 0.25) is 12.3 Å². The molecule has 0 N–H and O–H groups in total.